The lowest BCUT2D eigenvalue weighted by atomic mass is 9.99. The third-order valence-electron chi connectivity index (χ3n) is 2.92. The van der Waals surface area contributed by atoms with Crippen molar-refractivity contribution >= 4 is 15.9 Å². The fourth-order valence-electron chi connectivity index (χ4n) is 1.90. The van der Waals surface area contributed by atoms with Crippen LogP contribution in [-0.4, -0.2) is 6.54 Å². The van der Waals surface area contributed by atoms with Crippen molar-refractivity contribution in [2.75, 3.05) is 6.54 Å². The van der Waals surface area contributed by atoms with Crippen LogP contribution in [0, 0.1) is 12.3 Å². The summed E-state index contributed by atoms with van der Waals surface area (Å²) in [5.74, 6) is 2.53. The molecule has 20 heavy (non-hydrogen) atoms. The predicted octanol–water partition coefficient (Wildman–Crippen LogP) is 4.92. The molecule has 0 saturated heterocycles. The quantitative estimate of drug-likeness (QED) is 0.720. The second-order valence-corrected chi connectivity index (χ2v) is 5.34. The van der Waals surface area contributed by atoms with Crippen LogP contribution in [0.1, 0.15) is 43.4 Å². The summed E-state index contributed by atoms with van der Waals surface area (Å²) in [6.07, 6.45) is 2.95. The Kier molecular flexibility index (Phi) is 6.57. The molecule has 0 saturated carbocycles. The Morgan fingerprint density at radius 2 is 2.10 bits per heavy atom. The highest BCUT2D eigenvalue weighted by molar-refractivity contribution is 9.10. The highest BCUT2D eigenvalue weighted by atomic mass is 79.9. The summed E-state index contributed by atoms with van der Waals surface area (Å²) in [6.45, 7) is 2.74. The minimum atomic E-state index is -4.34. The summed E-state index contributed by atoms with van der Waals surface area (Å²) < 4.78 is 39.1. The van der Waals surface area contributed by atoms with E-state index in [1.165, 1.54) is 12.1 Å². The van der Waals surface area contributed by atoms with Gasteiger partial charge in [0, 0.05) is 16.9 Å². The Bertz CT molecular complexity index is 477. The summed E-state index contributed by atoms with van der Waals surface area (Å²) in [4.78, 5) is 0. The summed E-state index contributed by atoms with van der Waals surface area (Å²) in [5, 5.41) is 3.25. The van der Waals surface area contributed by atoms with E-state index in [9.17, 15) is 13.2 Å². The van der Waals surface area contributed by atoms with E-state index in [1.807, 2.05) is 6.92 Å². The molecule has 0 aliphatic rings. The van der Waals surface area contributed by atoms with Gasteiger partial charge in [-0.15, -0.1) is 12.3 Å². The van der Waals surface area contributed by atoms with Crippen LogP contribution in [0.2, 0.25) is 0 Å². The van der Waals surface area contributed by atoms with Gasteiger partial charge in [-0.1, -0.05) is 22.9 Å². The zero-order valence-electron chi connectivity index (χ0n) is 11.2. The Morgan fingerprint density at radius 3 is 2.65 bits per heavy atom. The Labute approximate surface area is 126 Å². The molecule has 0 radical (unpaired) electrons. The van der Waals surface area contributed by atoms with Gasteiger partial charge in [0.2, 0.25) is 0 Å². The van der Waals surface area contributed by atoms with Crippen molar-refractivity contribution < 1.29 is 13.2 Å². The summed E-state index contributed by atoms with van der Waals surface area (Å²) >= 11 is 3.32. The molecule has 0 fully saturated rings. The van der Waals surface area contributed by atoms with Crippen molar-refractivity contribution in [2.45, 2.75) is 38.4 Å². The fourth-order valence-corrected chi connectivity index (χ4v) is 2.42. The lowest BCUT2D eigenvalue weighted by Gasteiger charge is -2.21. The number of terminal acetylenes is 1. The first-order valence-electron chi connectivity index (χ1n) is 6.43. The molecule has 0 heterocycles. The van der Waals surface area contributed by atoms with Gasteiger partial charge in [-0.05, 0) is 43.1 Å². The first-order chi connectivity index (χ1) is 9.40. The van der Waals surface area contributed by atoms with Crippen molar-refractivity contribution in [3.63, 3.8) is 0 Å². The molecule has 1 unspecified atom stereocenters. The molecule has 1 aromatic rings. The van der Waals surface area contributed by atoms with Crippen LogP contribution in [-0.2, 0) is 6.18 Å². The maximum absolute atomic E-state index is 12.8. The van der Waals surface area contributed by atoms with E-state index in [4.69, 9.17) is 6.42 Å². The van der Waals surface area contributed by atoms with Crippen molar-refractivity contribution in [1.29, 1.82) is 0 Å². The first kappa shape index (κ1) is 17.1. The van der Waals surface area contributed by atoms with Crippen LogP contribution in [0.15, 0.2) is 22.7 Å². The van der Waals surface area contributed by atoms with E-state index < -0.39 is 11.7 Å². The van der Waals surface area contributed by atoms with Gasteiger partial charge in [-0.25, -0.2) is 0 Å². The molecule has 0 bridgehead atoms. The molecule has 110 valence electrons. The highest BCUT2D eigenvalue weighted by Gasteiger charge is 2.31. The molecule has 0 spiro atoms. The fraction of sp³-hybridized carbons (Fsp3) is 0.467. The van der Waals surface area contributed by atoms with E-state index >= 15 is 0 Å². The first-order valence-corrected chi connectivity index (χ1v) is 7.23. The topological polar surface area (TPSA) is 12.0 Å². The molecule has 0 aromatic heterocycles. The molecule has 5 heteroatoms. The summed E-state index contributed by atoms with van der Waals surface area (Å²) in [5.41, 5.74) is -0.0387. The van der Waals surface area contributed by atoms with Gasteiger partial charge in [-0.2, -0.15) is 13.2 Å². The average molecular weight is 348 g/mol. The van der Waals surface area contributed by atoms with Gasteiger partial charge < -0.3 is 5.32 Å². The van der Waals surface area contributed by atoms with Gasteiger partial charge >= 0.3 is 6.18 Å². The van der Waals surface area contributed by atoms with E-state index in [0.717, 1.165) is 19.0 Å². The van der Waals surface area contributed by atoms with Gasteiger partial charge in [0.25, 0.3) is 0 Å². The monoisotopic (exact) mass is 347 g/mol. The van der Waals surface area contributed by atoms with E-state index in [2.05, 4.69) is 27.2 Å². The third-order valence-corrected chi connectivity index (χ3v) is 3.64. The van der Waals surface area contributed by atoms with Crippen molar-refractivity contribution in [1.82, 2.24) is 5.32 Å². The van der Waals surface area contributed by atoms with Crippen LogP contribution in [0.5, 0.6) is 0 Å². The highest BCUT2D eigenvalue weighted by Crippen LogP contribution is 2.35. The van der Waals surface area contributed by atoms with E-state index in [0.29, 0.717) is 22.9 Å². The second-order valence-electron chi connectivity index (χ2n) is 4.48. The number of rotatable bonds is 6. The Morgan fingerprint density at radius 1 is 1.40 bits per heavy atom. The maximum Gasteiger partial charge on any atom is 0.416 e. The Balaban J connectivity index is 3.07. The zero-order chi connectivity index (χ0) is 15.2. The average Bonchev–Trinajstić information content (AvgIpc) is 2.39. The minimum Gasteiger partial charge on any atom is -0.310 e. The van der Waals surface area contributed by atoms with Crippen molar-refractivity contribution in [3.8, 4) is 12.3 Å². The van der Waals surface area contributed by atoms with Crippen LogP contribution < -0.4 is 5.32 Å². The van der Waals surface area contributed by atoms with Crippen LogP contribution in [0.4, 0.5) is 13.2 Å². The van der Waals surface area contributed by atoms with Crippen LogP contribution in [0.25, 0.3) is 0 Å². The summed E-state index contributed by atoms with van der Waals surface area (Å²) in [7, 11) is 0. The predicted molar refractivity (Wildman–Crippen MR) is 78.2 cm³/mol. The SMILES string of the molecule is C#CCCC(NCCC)c1cc(C(F)(F)F)ccc1Br. The van der Waals surface area contributed by atoms with Gasteiger partial charge in [0.15, 0.2) is 0 Å². The molecular weight excluding hydrogens is 331 g/mol. The molecule has 0 aliphatic carbocycles. The second kappa shape index (κ2) is 7.70. The number of alkyl halides is 3. The van der Waals surface area contributed by atoms with Gasteiger partial charge in [-0.3, -0.25) is 0 Å². The number of nitrogens with one attached hydrogen (secondary N) is 1. The molecule has 1 aromatic carbocycles. The maximum atomic E-state index is 12.8. The number of halogens is 4. The lowest BCUT2D eigenvalue weighted by Crippen LogP contribution is -2.23. The smallest absolute Gasteiger partial charge is 0.310 e. The number of hydrogen-bond donors (Lipinski definition) is 1. The summed E-state index contributed by atoms with van der Waals surface area (Å²) in [6, 6.07) is 3.52. The minimum absolute atomic E-state index is 0.178. The largest absolute Gasteiger partial charge is 0.416 e. The molecule has 1 atom stereocenters. The number of hydrogen-bond acceptors (Lipinski definition) is 1. The van der Waals surface area contributed by atoms with Crippen molar-refractivity contribution in [2.24, 2.45) is 0 Å². The molecule has 0 amide bonds. The molecule has 1 N–H and O–H groups in total. The molecule has 0 aliphatic heterocycles. The van der Waals surface area contributed by atoms with Crippen molar-refractivity contribution in [3.05, 3.63) is 33.8 Å². The zero-order valence-corrected chi connectivity index (χ0v) is 12.8. The van der Waals surface area contributed by atoms with Gasteiger partial charge in [0.05, 0.1) is 5.56 Å². The van der Waals surface area contributed by atoms with Gasteiger partial charge in [0.1, 0.15) is 0 Å². The molecule has 1 rings (SSSR count). The molecule has 1 nitrogen and oxygen atoms in total. The Hall–Kier alpha value is -0.990. The van der Waals surface area contributed by atoms with Crippen LogP contribution >= 0.6 is 15.9 Å². The standard InChI is InChI=1S/C15H17BrF3N/c1-3-5-6-14(20-9-4-2)12-10-11(15(17,18)19)7-8-13(12)16/h1,7-8,10,14,20H,4-6,9H2,2H3. The lowest BCUT2D eigenvalue weighted by molar-refractivity contribution is -0.137. The van der Waals surface area contributed by atoms with E-state index in [-0.39, 0.29) is 6.04 Å². The third kappa shape index (κ3) is 4.84. The molecular formula is C15H17BrF3N. The normalized spacial score (nSPS) is 13.0. The van der Waals surface area contributed by atoms with Crippen LogP contribution in [0.3, 0.4) is 0 Å². The number of benzene rings is 1. The van der Waals surface area contributed by atoms with E-state index in [1.54, 1.807) is 0 Å².